The molecule has 6 aliphatic rings. The van der Waals surface area contributed by atoms with E-state index in [0.717, 1.165) is 32.4 Å². The van der Waals surface area contributed by atoms with Crippen molar-refractivity contribution >= 4 is 10.8 Å². The molecule has 2 saturated carbocycles. The lowest BCUT2D eigenvalue weighted by molar-refractivity contribution is -0.147. The highest BCUT2D eigenvalue weighted by Crippen LogP contribution is 2.69. The molecular weight excluding hydrogens is 432 g/mol. The Kier molecular flexibility index (Phi) is 4.26. The second-order valence-corrected chi connectivity index (χ2v) is 12.7. The molecule has 2 bridgehead atoms. The molecule has 0 amide bonds. The van der Waals surface area contributed by atoms with Gasteiger partial charge in [-0.3, -0.25) is 9.88 Å². The summed E-state index contributed by atoms with van der Waals surface area (Å²) in [7, 11) is 0. The molecule has 182 valence electrons. The smallest absolute Gasteiger partial charge is 0.0974 e. The summed E-state index contributed by atoms with van der Waals surface area (Å²) in [6, 6.07) is 9.75. The number of fused-ring (bicyclic) bond motifs is 2. The highest BCUT2D eigenvalue weighted by Gasteiger charge is 2.66. The standard InChI is InChI=1S/C31H36N2O2/c1-29-10-8-24-15-23-4-5-25(33-18-26(34)19-33)16-30(23)11-12-31(24,35-30)28(29)7-6-27(29)21-3-2-20-9-13-32-17-22(20)14-21/h2-3,8-9,13-15,17,25-28,34H,4-7,10-12,16,18-19H2,1H3. The minimum atomic E-state index is -0.124. The molecule has 4 fully saturated rings. The van der Waals surface area contributed by atoms with Gasteiger partial charge in [0.25, 0.3) is 0 Å². The van der Waals surface area contributed by atoms with E-state index in [1.54, 1.807) is 5.57 Å². The third kappa shape index (κ3) is 2.77. The van der Waals surface area contributed by atoms with E-state index in [4.69, 9.17) is 4.74 Å². The summed E-state index contributed by atoms with van der Waals surface area (Å²) < 4.78 is 7.45. The third-order valence-corrected chi connectivity index (χ3v) is 11.1. The number of pyridine rings is 1. The minimum Gasteiger partial charge on any atom is -0.390 e. The normalized spacial score (nSPS) is 42.6. The van der Waals surface area contributed by atoms with Crippen molar-refractivity contribution in [3.05, 3.63) is 65.5 Å². The second-order valence-electron chi connectivity index (χ2n) is 12.7. The van der Waals surface area contributed by atoms with E-state index in [1.807, 2.05) is 12.4 Å². The average Bonchev–Trinajstić information content (AvgIpc) is 3.36. The number of aliphatic hydroxyl groups is 1. The van der Waals surface area contributed by atoms with Crippen LogP contribution in [0.2, 0.25) is 0 Å². The first-order chi connectivity index (χ1) is 17.0. The van der Waals surface area contributed by atoms with Crippen molar-refractivity contribution in [1.82, 2.24) is 9.88 Å². The Hall–Kier alpha value is -2.01. The molecule has 3 aliphatic heterocycles. The van der Waals surface area contributed by atoms with Gasteiger partial charge in [0, 0.05) is 36.9 Å². The van der Waals surface area contributed by atoms with Crippen LogP contribution >= 0.6 is 0 Å². The molecule has 4 heteroatoms. The van der Waals surface area contributed by atoms with E-state index in [0.29, 0.717) is 17.9 Å². The fraction of sp³-hybridized carbons (Fsp3) is 0.581. The Morgan fingerprint density at radius 2 is 2.00 bits per heavy atom. The van der Waals surface area contributed by atoms with Crippen LogP contribution in [0.4, 0.5) is 0 Å². The van der Waals surface area contributed by atoms with E-state index in [1.165, 1.54) is 54.0 Å². The minimum absolute atomic E-state index is 0.0637. The molecule has 3 aliphatic carbocycles. The molecule has 0 radical (unpaired) electrons. The van der Waals surface area contributed by atoms with Gasteiger partial charge < -0.3 is 9.84 Å². The van der Waals surface area contributed by atoms with Crippen molar-refractivity contribution in [2.75, 3.05) is 13.1 Å². The lowest BCUT2D eigenvalue weighted by atomic mass is 9.58. The number of ether oxygens (including phenoxy) is 1. The van der Waals surface area contributed by atoms with Gasteiger partial charge in [0.2, 0.25) is 0 Å². The molecule has 35 heavy (non-hydrogen) atoms. The van der Waals surface area contributed by atoms with Crippen LogP contribution in [-0.2, 0) is 4.74 Å². The monoisotopic (exact) mass is 468 g/mol. The van der Waals surface area contributed by atoms with Crippen LogP contribution in [0, 0.1) is 11.3 Å². The molecule has 1 aromatic heterocycles. The van der Waals surface area contributed by atoms with Crippen molar-refractivity contribution < 1.29 is 9.84 Å². The Morgan fingerprint density at radius 3 is 2.89 bits per heavy atom. The van der Waals surface area contributed by atoms with Gasteiger partial charge in [0.15, 0.2) is 0 Å². The maximum atomic E-state index is 9.88. The topological polar surface area (TPSA) is 45.6 Å². The molecule has 1 N–H and O–H groups in total. The molecule has 6 atom stereocenters. The SMILES string of the molecule is CC12CC=C3C=C4CCC(N5CC(O)C5)CC45CCC3(O5)C1CCC2c1ccc2ccncc2c1. The average molecular weight is 469 g/mol. The van der Waals surface area contributed by atoms with Crippen LogP contribution in [0.3, 0.4) is 0 Å². The summed E-state index contributed by atoms with van der Waals surface area (Å²) in [5.41, 5.74) is 4.62. The number of hydrogen-bond donors (Lipinski definition) is 1. The van der Waals surface area contributed by atoms with Gasteiger partial charge in [-0.1, -0.05) is 31.2 Å². The second kappa shape index (κ2) is 7.06. The molecule has 2 aromatic rings. The van der Waals surface area contributed by atoms with E-state index in [9.17, 15) is 5.11 Å². The number of likely N-dealkylation sites (tertiary alicyclic amines) is 1. The molecule has 1 aromatic carbocycles. The molecule has 4 nitrogen and oxygen atoms in total. The van der Waals surface area contributed by atoms with Gasteiger partial charge >= 0.3 is 0 Å². The van der Waals surface area contributed by atoms with E-state index in [-0.39, 0.29) is 22.7 Å². The van der Waals surface area contributed by atoms with Crippen LogP contribution < -0.4 is 0 Å². The van der Waals surface area contributed by atoms with Crippen molar-refractivity contribution in [2.24, 2.45) is 11.3 Å². The quantitative estimate of drug-likeness (QED) is 0.630. The number of β-amino-alcohol motifs (C(OH)–C–C–N with tert-alkyl or cyclic N) is 1. The molecule has 2 saturated heterocycles. The fourth-order valence-corrected chi connectivity index (χ4v) is 9.35. The van der Waals surface area contributed by atoms with Crippen LogP contribution in [0.1, 0.15) is 69.8 Å². The summed E-state index contributed by atoms with van der Waals surface area (Å²) in [6.07, 6.45) is 18.4. The van der Waals surface area contributed by atoms with Crippen molar-refractivity contribution in [2.45, 2.75) is 87.6 Å². The number of aliphatic hydroxyl groups excluding tert-OH is 1. The van der Waals surface area contributed by atoms with Crippen LogP contribution in [0.25, 0.3) is 10.8 Å². The Balaban J connectivity index is 1.14. The Morgan fingerprint density at radius 1 is 1.09 bits per heavy atom. The predicted octanol–water partition coefficient (Wildman–Crippen LogP) is 5.52. The highest BCUT2D eigenvalue weighted by molar-refractivity contribution is 5.82. The van der Waals surface area contributed by atoms with E-state index >= 15 is 0 Å². The van der Waals surface area contributed by atoms with Gasteiger partial charge in [0.1, 0.15) is 0 Å². The summed E-state index contributed by atoms with van der Waals surface area (Å²) in [5, 5.41) is 12.4. The predicted molar refractivity (Wildman–Crippen MR) is 137 cm³/mol. The molecular formula is C31H36N2O2. The number of aromatic nitrogens is 1. The van der Waals surface area contributed by atoms with Crippen LogP contribution in [0.15, 0.2) is 60.0 Å². The fourth-order valence-electron chi connectivity index (χ4n) is 9.35. The first-order valence-electron chi connectivity index (χ1n) is 13.9. The maximum absolute atomic E-state index is 9.88. The van der Waals surface area contributed by atoms with E-state index in [2.05, 4.69) is 53.2 Å². The summed E-state index contributed by atoms with van der Waals surface area (Å²) >= 11 is 0. The third-order valence-electron chi connectivity index (χ3n) is 11.1. The first kappa shape index (κ1) is 21.1. The lowest BCUT2D eigenvalue weighted by Crippen LogP contribution is -2.60. The van der Waals surface area contributed by atoms with Gasteiger partial charge in [-0.15, -0.1) is 0 Å². The molecule has 8 rings (SSSR count). The first-order valence-corrected chi connectivity index (χ1v) is 13.9. The van der Waals surface area contributed by atoms with Crippen molar-refractivity contribution in [1.29, 1.82) is 0 Å². The molecule has 6 unspecified atom stereocenters. The van der Waals surface area contributed by atoms with Crippen LogP contribution in [0.5, 0.6) is 0 Å². The Labute approximate surface area is 208 Å². The van der Waals surface area contributed by atoms with Crippen molar-refractivity contribution in [3.63, 3.8) is 0 Å². The zero-order chi connectivity index (χ0) is 23.4. The number of hydrogen-bond acceptors (Lipinski definition) is 4. The summed E-state index contributed by atoms with van der Waals surface area (Å²) in [5.74, 6) is 1.14. The van der Waals surface area contributed by atoms with E-state index < -0.39 is 0 Å². The lowest BCUT2D eigenvalue weighted by Gasteiger charge is -2.55. The summed E-state index contributed by atoms with van der Waals surface area (Å²) in [4.78, 5) is 6.88. The number of benzene rings is 1. The van der Waals surface area contributed by atoms with Gasteiger partial charge in [-0.2, -0.15) is 0 Å². The van der Waals surface area contributed by atoms with Gasteiger partial charge in [-0.25, -0.2) is 0 Å². The zero-order valence-corrected chi connectivity index (χ0v) is 20.7. The number of nitrogens with zero attached hydrogens (tertiary/aromatic N) is 2. The highest BCUT2D eigenvalue weighted by atomic mass is 16.5. The van der Waals surface area contributed by atoms with Gasteiger partial charge in [-0.05, 0) is 103 Å². The maximum Gasteiger partial charge on any atom is 0.0974 e. The van der Waals surface area contributed by atoms with Gasteiger partial charge in [0.05, 0.1) is 17.3 Å². The zero-order valence-electron chi connectivity index (χ0n) is 20.7. The van der Waals surface area contributed by atoms with Crippen LogP contribution in [-0.4, -0.2) is 51.4 Å². The Bertz CT molecular complexity index is 1280. The molecule has 4 heterocycles. The largest absolute Gasteiger partial charge is 0.390 e. The summed E-state index contributed by atoms with van der Waals surface area (Å²) in [6.45, 7) is 4.25. The molecule has 2 spiro atoms. The van der Waals surface area contributed by atoms with Crippen molar-refractivity contribution in [3.8, 4) is 0 Å². The number of allylic oxidation sites excluding steroid dienone is 1. The number of rotatable bonds is 2.